The SMILES string of the molecule is COC(=O)CS(=O)(=O)N1CC=C(c2ccc(-c3ccncc3)c(C)c2)CC1. The van der Waals surface area contributed by atoms with E-state index < -0.39 is 21.7 Å². The molecule has 2 heterocycles. The molecule has 0 atom stereocenters. The highest BCUT2D eigenvalue weighted by Crippen LogP contribution is 2.29. The molecule has 1 aromatic heterocycles. The van der Waals surface area contributed by atoms with Gasteiger partial charge in [-0.05, 0) is 53.3 Å². The largest absolute Gasteiger partial charge is 0.468 e. The van der Waals surface area contributed by atoms with E-state index in [-0.39, 0.29) is 6.54 Å². The maximum atomic E-state index is 12.2. The van der Waals surface area contributed by atoms with Crippen molar-refractivity contribution in [3.8, 4) is 11.1 Å². The van der Waals surface area contributed by atoms with E-state index in [9.17, 15) is 13.2 Å². The number of nitrogens with zero attached hydrogens (tertiary/aromatic N) is 2. The van der Waals surface area contributed by atoms with Gasteiger partial charge in [0.15, 0.2) is 5.75 Å². The van der Waals surface area contributed by atoms with Crippen LogP contribution in [-0.4, -0.2) is 49.6 Å². The van der Waals surface area contributed by atoms with Gasteiger partial charge in [-0.2, -0.15) is 4.31 Å². The van der Waals surface area contributed by atoms with E-state index in [1.807, 2.05) is 18.2 Å². The number of sulfonamides is 1. The normalized spacial score (nSPS) is 15.3. The Kier molecular flexibility index (Phi) is 5.72. The zero-order valence-electron chi connectivity index (χ0n) is 15.4. The van der Waals surface area contributed by atoms with Gasteiger partial charge in [0.25, 0.3) is 0 Å². The molecule has 0 spiro atoms. The number of aryl methyl sites for hydroxylation is 1. The Balaban J connectivity index is 1.76. The molecule has 0 fully saturated rings. The molecule has 1 aromatic carbocycles. The number of rotatable bonds is 5. The van der Waals surface area contributed by atoms with E-state index in [0.717, 1.165) is 27.8 Å². The maximum Gasteiger partial charge on any atom is 0.322 e. The predicted molar refractivity (Wildman–Crippen MR) is 104 cm³/mol. The van der Waals surface area contributed by atoms with Crippen LogP contribution in [0, 0.1) is 6.92 Å². The van der Waals surface area contributed by atoms with Crippen LogP contribution in [0.5, 0.6) is 0 Å². The van der Waals surface area contributed by atoms with Crippen molar-refractivity contribution in [3.63, 3.8) is 0 Å². The lowest BCUT2D eigenvalue weighted by molar-refractivity contribution is -0.137. The molecular formula is C20H22N2O4S. The summed E-state index contributed by atoms with van der Waals surface area (Å²) in [5, 5.41) is 0. The van der Waals surface area contributed by atoms with Crippen molar-refractivity contribution in [2.75, 3.05) is 26.0 Å². The summed E-state index contributed by atoms with van der Waals surface area (Å²) in [6, 6.07) is 10.2. The number of aromatic nitrogens is 1. The van der Waals surface area contributed by atoms with E-state index in [2.05, 4.69) is 34.8 Å². The molecule has 0 unspecified atom stereocenters. The quantitative estimate of drug-likeness (QED) is 0.739. The summed E-state index contributed by atoms with van der Waals surface area (Å²) in [6.07, 6.45) is 6.07. The summed E-state index contributed by atoms with van der Waals surface area (Å²) >= 11 is 0. The molecule has 1 aliphatic heterocycles. The summed E-state index contributed by atoms with van der Waals surface area (Å²) in [6.45, 7) is 2.69. The number of pyridine rings is 1. The molecule has 0 amide bonds. The van der Waals surface area contributed by atoms with Gasteiger partial charge in [-0.3, -0.25) is 9.78 Å². The highest BCUT2D eigenvalue weighted by atomic mass is 32.2. The molecule has 0 aliphatic carbocycles. The van der Waals surface area contributed by atoms with E-state index in [1.165, 1.54) is 11.4 Å². The highest BCUT2D eigenvalue weighted by molar-refractivity contribution is 7.89. The first-order chi connectivity index (χ1) is 12.9. The molecule has 142 valence electrons. The van der Waals surface area contributed by atoms with Gasteiger partial charge in [-0.15, -0.1) is 0 Å². The molecule has 0 radical (unpaired) electrons. The first-order valence-electron chi connectivity index (χ1n) is 8.66. The molecule has 0 saturated heterocycles. The summed E-state index contributed by atoms with van der Waals surface area (Å²) in [4.78, 5) is 15.3. The Morgan fingerprint density at radius 3 is 2.52 bits per heavy atom. The van der Waals surface area contributed by atoms with E-state index >= 15 is 0 Å². The van der Waals surface area contributed by atoms with Gasteiger partial charge in [0.1, 0.15) is 0 Å². The second-order valence-corrected chi connectivity index (χ2v) is 8.40. The van der Waals surface area contributed by atoms with E-state index in [0.29, 0.717) is 13.0 Å². The first-order valence-corrected chi connectivity index (χ1v) is 10.3. The molecule has 3 rings (SSSR count). The zero-order valence-corrected chi connectivity index (χ0v) is 16.2. The van der Waals surface area contributed by atoms with Gasteiger partial charge in [0.2, 0.25) is 10.0 Å². The molecule has 2 aromatic rings. The van der Waals surface area contributed by atoms with Crippen molar-refractivity contribution in [1.82, 2.24) is 9.29 Å². The topological polar surface area (TPSA) is 76.6 Å². The summed E-state index contributed by atoms with van der Waals surface area (Å²) in [5.74, 6) is -1.36. The molecule has 0 N–H and O–H groups in total. The number of hydrogen-bond donors (Lipinski definition) is 0. The van der Waals surface area contributed by atoms with Crippen LogP contribution in [0.2, 0.25) is 0 Å². The summed E-state index contributed by atoms with van der Waals surface area (Å²) < 4.78 is 30.3. The lowest BCUT2D eigenvalue weighted by Gasteiger charge is -2.25. The van der Waals surface area contributed by atoms with Gasteiger partial charge in [-0.1, -0.05) is 24.3 Å². The van der Waals surface area contributed by atoms with Crippen LogP contribution in [0.25, 0.3) is 16.7 Å². The Morgan fingerprint density at radius 2 is 1.93 bits per heavy atom. The van der Waals surface area contributed by atoms with Crippen molar-refractivity contribution < 1.29 is 17.9 Å². The molecule has 6 nitrogen and oxygen atoms in total. The van der Waals surface area contributed by atoms with Crippen molar-refractivity contribution in [1.29, 1.82) is 0 Å². The lowest BCUT2D eigenvalue weighted by atomic mass is 9.94. The van der Waals surface area contributed by atoms with Crippen molar-refractivity contribution in [2.45, 2.75) is 13.3 Å². The Labute approximate surface area is 159 Å². The third kappa shape index (κ3) is 4.43. The minimum Gasteiger partial charge on any atom is -0.468 e. The number of methoxy groups -OCH3 is 1. The standard InChI is InChI=1S/C20H22N2O4S/c1-15-13-18(3-4-19(15)17-5-9-21-10-6-17)16-7-11-22(12-8-16)27(24,25)14-20(23)26-2/h3-7,9-10,13H,8,11-12,14H2,1-2H3. The lowest BCUT2D eigenvalue weighted by Crippen LogP contribution is -2.38. The predicted octanol–water partition coefficient (Wildman–Crippen LogP) is 2.65. The van der Waals surface area contributed by atoms with Crippen LogP contribution in [0.1, 0.15) is 17.5 Å². The Bertz CT molecular complexity index is 969. The Hall–Kier alpha value is -2.51. The van der Waals surface area contributed by atoms with Gasteiger partial charge in [-0.25, -0.2) is 8.42 Å². The van der Waals surface area contributed by atoms with Crippen LogP contribution in [0.15, 0.2) is 48.8 Å². The fourth-order valence-electron chi connectivity index (χ4n) is 3.18. The number of carbonyl (C=O) groups is 1. The second-order valence-electron chi connectivity index (χ2n) is 6.44. The first kappa shape index (κ1) is 19.3. The van der Waals surface area contributed by atoms with Crippen molar-refractivity contribution >= 4 is 21.6 Å². The van der Waals surface area contributed by atoms with Gasteiger partial charge >= 0.3 is 5.97 Å². The number of hydrogen-bond acceptors (Lipinski definition) is 5. The minimum absolute atomic E-state index is 0.264. The van der Waals surface area contributed by atoms with Crippen LogP contribution < -0.4 is 0 Å². The van der Waals surface area contributed by atoms with Gasteiger partial charge < -0.3 is 4.74 Å². The fraction of sp³-hybridized carbons (Fsp3) is 0.300. The Morgan fingerprint density at radius 1 is 1.19 bits per heavy atom. The van der Waals surface area contributed by atoms with Gasteiger partial charge in [0, 0.05) is 25.5 Å². The number of ether oxygens (including phenoxy) is 1. The number of benzene rings is 1. The van der Waals surface area contributed by atoms with Crippen LogP contribution >= 0.6 is 0 Å². The monoisotopic (exact) mass is 386 g/mol. The third-order valence-electron chi connectivity index (χ3n) is 4.68. The van der Waals surface area contributed by atoms with Gasteiger partial charge in [0.05, 0.1) is 7.11 Å². The summed E-state index contributed by atoms with van der Waals surface area (Å²) in [5.41, 5.74) is 5.63. The van der Waals surface area contributed by atoms with Crippen LogP contribution in [0.4, 0.5) is 0 Å². The smallest absolute Gasteiger partial charge is 0.322 e. The number of carbonyl (C=O) groups excluding carboxylic acids is 1. The maximum absolute atomic E-state index is 12.2. The van der Waals surface area contributed by atoms with Crippen LogP contribution in [0.3, 0.4) is 0 Å². The van der Waals surface area contributed by atoms with Crippen molar-refractivity contribution in [3.05, 3.63) is 59.9 Å². The van der Waals surface area contributed by atoms with E-state index in [4.69, 9.17) is 0 Å². The minimum atomic E-state index is -3.64. The second kappa shape index (κ2) is 8.02. The zero-order chi connectivity index (χ0) is 19.4. The summed E-state index contributed by atoms with van der Waals surface area (Å²) in [7, 11) is -2.46. The molecule has 1 aliphatic rings. The molecule has 27 heavy (non-hydrogen) atoms. The molecule has 7 heteroatoms. The van der Waals surface area contributed by atoms with Crippen LogP contribution in [-0.2, 0) is 19.6 Å². The number of esters is 1. The highest BCUT2D eigenvalue weighted by Gasteiger charge is 2.27. The average molecular weight is 386 g/mol. The molecule has 0 bridgehead atoms. The molecule has 0 saturated carbocycles. The average Bonchev–Trinajstić information content (AvgIpc) is 2.68. The third-order valence-corrected chi connectivity index (χ3v) is 6.40. The van der Waals surface area contributed by atoms with Crippen molar-refractivity contribution in [2.24, 2.45) is 0 Å². The van der Waals surface area contributed by atoms with E-state index in [1.54, 1.807) is 12.4 Å². The fourth-order valence-corrected chi connectivity index (χ4v) is 4.45. The molecular weight excluding hydrogens is 364 g/mol.